The van der Waals surface area contributed by atoms with Crippen molar-refractivity contribution in [3.63, 3.8) is 0 Å². The minimum atomic E-state index is -0.131. The van der Waals surface area contributed by atoms with Crippen LogP contribution in [0.25, 0.3) is 0 Å². The molecule has 0 amide bonds. The van der Waals surface area contributed by atoms with Gasteiger partial charge in [-0.05, 0) is 111 Å². The van der Waals surface area contributed by atoms with Crippen molar-refractivity contribution in [2.75, 3.05) is 0 Å². The Labute approximate surface area is 193 Å². The molecule has 0 aliphatic heterocycles. The van der Waals surface area contributed by atoms with Gasteiger partial charge in [0.25, 0.3) is 0 Å². The molecule has 0 aromatic carbocycles. The maximum absolute atomic E-state index is 10.8. The number of aliphatic hydroxyl groups excluding tert-OH is 1. The van der Waals surface area contributed by atoms with E-state index < -0.39 is 0 Å². The van der Waals surface area contributed by atoms with Crippen LogP contribution in [0.3, 0.4) is 0 Å². The van der Waals surface area contributed by atoms with Gasteiger partial charge in [-0.1, -0.05) is 64.7 Å². The van der Waals surface area contributed by atoms with Crippen LogP contribution < -0.4 is 0 Å². The smallest absolute Gasteiger partial charge is 0.0594 e. The van der Waals surface area contributed by atoms with Gasteiger partial charge in [-0.25, -0.2) is 0 Å². The number of allylic oxidation sites excluding steroid dienone is 3. The molecule has 2 saturated carbocycles. The zero-order valence-corrected chi connectivity index (χ0v) is 21.7. The average molecular weight is 427 g/mol. The molecule has 31 heavy (non-hydrogen) atoms. The second kappa shape index (κ2) is 7.75. The lowest BCUT2D eigenvalue weighted by Gasteiger charge is -2.62. The molecule has 0 aromatic heterocycles. The number of hydrogen-bond donors (Lipinski definition) is 1. The summed E-state index contributed by atoms with van der Waals surface area (Å²) >= 11 is 0. The van der Waals surface area contributed by atoms with Gasteiger partial charge in [0.15, 0.2) is 0 Å². The van der Waals surface area contributed by atoms with E-state index in [1.807, 2.05) is 11.1 Å². The van der Waals surface area contributed by atoms with E-state index in [4.69, 9.17) is 0 Å². The maximum atomic E-state index is 10.8. The summed E-state index contributed by atoms with van der Waals surface area (Å²) in [5.41, 5.74) is 6.27. The summed E-state index contributed by atoms with van der Waals surface area (Å²) in [7, 11) is 0. The number of fused-ring (bicyclic) bond motifs is 4. The van der Waals surface area contributed by atoms with E-state index in [2.05, 4.69) is 55.0 Å². The molecule has 176 valence electrons. The van der Waals surface area contributed by atoms with E-state index in [1.54, 1.807) is 0 Å². The molecule has 4 rings (SSSR count). The molecule has 4 aliphatic carbocycles. The molecule has 1 heteroatoms. The van der Waals surface area contributed by atoms with Gasteiger partial charge in [0.1, 0.15) is 0 Å². The summed E-state index contributed by atoms with van der Waals surface area (Å²) in [4.78, 5) is 0. The summed E-state index contributed by atoms with van der Waals surface area (Å²) in [6.45, 7) is 21.5. The molecule has 1 N–H and O–H groups in total. The highest BCUT2D eigenvalue weighted by molar-refractivity contribution is 5.38. The molecule has 0 spiro atoms. The number of aliphatic hydroxyl groups is 1. The van der Waals surface area contributed by atoms with E-state index in [9.17, 15) is 5.11 Å². The first kappa shape index (κ1) is 23.6. The van der Waals surface area contributed by atoms with Crippen LogP contribution in [0.1, 0.15) is 119 Å². The van der Waals surface area contributed by atoms with Crippen LogP contribution in [0.4, 0.5) is 0 Å². The van der Waals surface area contributed by atoms with E-state index in [0.717, 1.165) is 18.3 Å². The molecule has 0 heterocycles. The van der Waals surface area contributed by atoms with Crippen LogP contribution in [0.5, 0.6) is 0 Å². The minimum Gasteiger partial charge on any atom is -0.393 e. The van der Waals surface area contributed by atoms with Gasteiger partial charge < -0.3 is 5.11 Å². The first-order valence-electron chi connectivity index (χ1n) is 13.4. The SMILES string of the molecule is C=C(C)CCC[C@@H](C)[C@H]1CC[C@@]2(C)C3=C(CC[C@@]12C)[C@@]1(C)CC[C@H](O)C(C)(C)[C@@H]1CC3. The van der Waals surface area contributed by atoms with Crippen molar-refractivity contribution in [2.45, 2.75) is 125 Å². The first-order valence-corrected chi connectivity index (χ1v) is 13.4. The normalized spacial score (nSPS) is 45.0. The lowest BCUT2D eigenvalue weighted by Crippen LogP contribution is -2.55. The number of rotatable bonds is 5. The fourth-order valence-electron chi connectivity index (χ4n) is 9.56. The summed E-state index contributed by atoms with van der Waals surface area (Å²) < 4.78 is 0. The van der Waals surface area contributed by atoms with Crippen LogP contribution in [0.15, 0.2) is 23.3 Å². The molecular formula is C30H50O. The molecule has 0 bridgehead atoms. The molecule has 2 fully saturated rings. The Bertz CT molecular complexity index is 758. The van der Waals surface area contributed by atoms with Crippen LogP contribution >= 0.6 is 0 Å². The quantitative estimate of drug-likeness (QED) is 0.437. The highest BCUT2D eigenvalue weighted by Gasteiger charge is 2.63. The summed E-state index contributed by atoms with van der Waals surface area (Å²) in [5, 5.41) is 10.8. The van der Waals surface area contributed by atoms with Gasteiger partial charge in [0.05, 0.1) is 6.10 Å². The minimum absolute atomic E-state index is 0.0448. The van der Waals surface area contributed by atoms with Gasteiger partial charge in [-0.3, -0.25) is 0 Å². The van der Waals surface area contributed by atoms with Crippen LogP contribution in [0.2, 0.25) is 0 Å². The van der Waals surface area contributed by atoms with Crippen molar-refractivity contribution < 1.29 is 5.11 Å². The molecule has 0 unspecified atom stereocenters. The fourth-order valence-corrected chi connectivity index (χ4v) is 9.56. The lowest BCUT2D eigenvalue weighted by atomic mass is 9.43. The second-order valence-corrected chi connectivity index (χ2v) is 13.6. The van der Waals surface area contributed by atoms with E-state index in [-0.39, 0.29) is 11.5 Å². The summed E-state index contributed by atoms with van der Waals surface area (Å²) in [6.07, 6.45) is 14.0. The Morgan fingerprint density at radius 3 is 2.39 bits per heavy atom. The topological polar surface area (TPSA) is 20.2 Å². The van der Waals surface area contributed by atoms with Gasteiger partial charge >= 0.3 is 0 Å². The average Bonchev–Trinajstić information content (AvgIpc) is 2.96. The van der Waals surface area contributed by atoms with Gasteiger partial charge in [-0.2, -0.15) is 0 Å². The second-order valence-electron chi connectivity index (χ2n) is 13.6. The van der Waals surface area contributed by atoms with E-state index in [0.29, 0.717) is 22.2 Å². The molecule has 0 saturated heterocycles. The molecule has 1 nitrogen and oxygen atoms in total. The highest BCUT2D eigenvalue weighted by atomic mass is 16.3. The summed E-state index contributed by atoms with van der Waals surface area (Å²) in [5.74, 6) is 2.32. The predicted octanol–water partition coefficient (Wildman–Crippen LogP) is 8.48. The molecule has 4 aliphatic rings. The Hall–Kier alpha value is -0.560. The lowest BCUT2D eigenvalue weighted by molar-refractivity contribution is -0.0962. The van der Waals surface area contributed by atoms with Crippen molar-refractivity contribution in [1.29, 1.82) is 0 Å². The Kier molecular flexibility index (Phi) is 5.90. The van der Waals surface area contributed by atoms with E-state index in [1.165, 1.54) is 69.8 Å². The van der Waals surface area contributed by atoms with E-state index >= 15 is 0 Å². The highest BCUT2D eigenvalue weighted by Crippen LogP contribution is 2.72. The van der Waals surface area contributed by atoms with Crippen molar-refractivity contribution >= 4 is 0 Å². The third-order valence-corrected chi connectivity index (χ3v) is 11.7. The standard InChI is InChI=1S/C30H50O/c1-20(2)10-9-11-21(3)22-14-18-30(8)24-12-13-25-27(4,5)26(31)16-17-28(25,6)23(24)15-19-29(22,30)7/h21-22,25-26,31H,1,9-19H2,2-8H3/t21-,22-,25+,26+,28-,29+,30+/m1/s1. The summed E-state index contributed by atoms with van der Waals surface area (Å²) in [6, 6.07) is 0. The van der Waals surface area contributed by atoms with Gasteiger partial charge in [-0.15, -0.1) is 6.58 Å². The molecule has 0 radical (unpaired) electrons. The Morgan fingerprint density at radius 2 is 1.71 bits per heavy atom. The van der Waals surface area contributed by atoms with Crippen LogP contribution in [-0.2, 0) is 0 Å². The molecular weight excluding hydrogens is 376 g/mol. The van der Waals surface area contributed by atoms with Gasteiger partial charge in [0, 0.05) is 0 Å². The predicted molar refractivity (Wildman–Crippen MR) is 133 cm³/mol. The maximum Gasteiger partial charge on any atom is 0.0594 e. The van der Waals surface area contributed by atoms with Crippen molar-refractivity contribution in [1.82, 2.24) is 0 Å². The first-order chi connectivity index (χ1) is 14.4. The zero-order valence-electron chi connectivity index (χ0n) is 21.7. The Morgan fingerprint density at radius 1 is 1.00 bits per heavy atom. The molecule has 0 aromatic rings. The van der Waals surface area contributed by atoms with Crippen LogP contribution in [-0.4, -0.2) is 11.2 Å². The largest absolute Gasteiger partial charge is 0.393 e. The van der Waals surface area contributed by atoms with Crippen molar-refractivity contribution in [3.8, 4) is 0 Å². The third-order valence-electron chi connectivity index (χ3n) is 11.7. The zero-order chi connectivity index (χ0) is 22.8. The number of hydrogen-bond acceptors (Lipinski definition) is 1. The fraction of sp³-hybridized carbons (Fsp3) is 0.867. The third kappa shape index (κ3) is 3.34. The van der Waals surface area contributed by atoms with Gasteiger partial charge in [0.2, 0.25) is 0 Å². The van der Waals surface area contributed by atoms with Crippen LogP contribution in [0, 0.1) is 39.4 Å². The molecule has 7 atom stereocenters. The van der Waals surface area contributed by atoms with Crippen molar-refractivity contribution in [2.24, 2.45) is 39.4 Å². The Balaban J connectivity index is 1.63. The monoisotopic (exact) mass is 426 g/mol. The van der Waals surface area contributed by atoms with Crippen molar-refractivity contribution in [3.05, 3.63) is 23.3 Å².